The first-order valence-electron chi connectivity index (χ1n) is 10.9. The molecule has 2 heterocycles. The normalized spacial score (nSPS) is 20.7. The van der Waals surface area contributed by atoms with Gasteiger partial charge in [-0.05, 0) is 86.3 Å². The van der Waals surface area contributed by atoms with Gasteiger partial charge in [0.2, 0.25) is 5.28 Å². The minimum atomic E-state index is 0.164. The summed E-state index contributed by atoms with van der Waals surface area (Å²) in [4.78, 5) is 10.5. The third kappa shape index (κ3) is 3.51. The molecule has 0 amide bonds. The number of H-pyrrole nitrogens is 1. The molecule has 0 radical (unpaired) electrons. The molecule has 3 aromatic rings. The Bertz CT molecular complexity index is 989. The van der Waals surface area contributed by atoms with Gasteiger partial charge in [0.1, 0.15) is 0 Å². The van der Waals surface area contributed by atoms with E-state index >= 15 is 0 Å². The zero-order chi connectivity index (χ0) is 19.7. The van der Waals surface area contributed by atoms with E-state index in [-0.39, 0.29) is 5.54 Å². The average molecular weight is 406 g/mol. The number of rotatable bonds is 3. The number of aromatic nitrogens is 2. The minimum absolute atomic E-state index is 0.164. The lowest BCUT2D eigenvalue weighted by Gasteiger charge is -2.47. The average Bonchev–Trinajstić information content (AvgIpc) is 2.98. The van der Waals surface area contributed by atoms with Gasteiger partial charge >= 0.3 is 0 Å². The molecule has 0 spiro atoms. The van der Waals surface area contributed by atoms with Gasteiger partial charge in [0.25, 0.3) is 0 Å². The molecule has 0 bridgehead atoms. The number of hydrogen-bond acceptors (Lipinski definition) is 2. The van der Waals surface area contributed by atoms with Crippen LogP contribution < -0.4 is 0 Å². The van der Waals surface area contributed by atoms with Crippen molar-refractivity contribution in [2.45, 2.75) is 50.0 Å². The smallest absolute Gasteiger partial charge is 0.201 e. The molecular formula is C25H28ClN3. The van der Waals surface area contributed by atoms with Crippen molar-refractivity contribution in [3.8, 4) is 0 Å². The third-order valence-corrected chi connectivity index (χ3v) is 7.16. The van der Waals surface area contributed by atoms with Crippen molar-refractivity contribution in [1.29, 1.82) is 0 Å². The number of imidazole rings is 1. The fraction of sp³-hybridized carbons (Fsp3) is 0.400. The Morgan fingerprint density at radius 3 is 2.38 bits per heavy atom. The maximum atomic E-state index is 6.14. The third-order valence-electron chi connectivity index (χ3n) is 6.98. The molecule has 5 rings (SSSR count). The molecule has 1 N–H and O–H groups in total. The van der Waals surface area contributed by atoms with E-state index in [4.69, 9.17) is 11.6 Å². The van der Waals surface area contributed by atoms with Crippen LogP contribution in [-0.4, -0.2) is 28.0 Å². The first-order valence-corrected chi connectivity index (χ1v) is 11.2. The molecule has 0 saturated carbocycles. The van der Waals surface area contributed by atoms with Crippen LogP contribution in [0.2, 0.25) is 5.28 Å². The summed E-state index contributed by atoms with van der Waals surface area (Å²) in [6.07, 6.45) is 11.8. The van der Waals surface area contributed by atoms with E-state index in [9.17, 15) is 0 Å². The molecule has 3 nitrogen and oxygen atoms in total. The number of hydrogen-bond donors (Lipinski definition) is 1. The second kappa shape index (κ2) is 7.97. The molecule has 2 aromatic carbocycles. The second-order valence-electron chi connectivity index (χ2n) is 8.48. The van der Waals surface area contributed by atoms with Crippen molar-refractivity contribution in [1.82, 2.24) is 14.9 Å². The van der Waals surface area contributed by atoms with Crippen molar-refractivity contribution in [2.24, 2.45) is 0 Å². The lowest BCUT2D eigenvalue weighted by atomic mass is 9.78. The summed E-state index contributed by atoms with van der Waals surface area (Å²) in [6.45, 7) is 2.27. The number of nitrogens with zero attached hydrogens (tertiary/aromatic N) is 2. The van der Waals surface area contributed by atoms with Gasteiger partial charge in [0, 0.05) is 5.54 Å². The summed E-state index contributed by atoms with van der Waals surface area (Å²) in [6, 6.07) is 17.6. The van der Waals surface area contributed by atoms with E-state index in [1.165, 1.54) is 49.7 Å². The Labute approximate surface area is 177 Å². The fourth-order valence-corrected chi connectivity index (χ4v) is 5.70. The van der Waals surface area contributed by atoms with E-state index < -0.39 is 0 Å². The molecule has 1 aromatic heterocycles. The summed E-state index contributed by atoms with van der Waals surface area (Å²) in [5, 5.41) is 0.485. The Hall–Kier alpha value is -2.10. The summed E-state index contributed by atoms with van der Waals surface area (Å²) >= 11 is 6.14. The van der Waals surface area contributed by atoms with Crippen LogP contribution in [0.15, 0.2) is 60.7 Å². The highest BCUT2D eigenvalue weighted by Crippen LogP contribution is 2.43. The van der Waals surface area contributed by atoms with Gasteiger partial charge < -0.3 is 4.98 Å². The van der Waals surface area contributed by atoms with E-state index in [0.29, 0.717) is 11.2 Å². The number of allylic oxidation sites excluding steroid dienone is 2. The SMILES string of the molecule is Clc1nc2c(C3CCN(C4(c5ccccc5)CCC=CCC4)CC3)cccc2[nH]1. The van der Waals surface area contributed by atoms with Gasteiger partial charge in [-0.3, -0.25) is 4.90 Å². The van der Waals surface area contributed by atoms with Gasteiger partial charge in [0.15, 0.2) is 0 Å². The van der Waals surface area contributed by atoms with Crippen molar-refractivity contribution in [3.05, 3.63) is 77.1 Å². The zero-order valence-corrected chi connectivity index (χ0v) is 17.5. The lowest BCUT2D eigenvalue weighted by molar-refractivity contribution is 0.0447. The quantitative estimate of drug-likeness (QED) is 0.509. The summed E-state index contributed by atoms with van der Waals surface area (Å²) in [5.74, 6) is 0.547. The number of piperidine rings is 1. The van der Waals surface area contributed by atoms with Gasteiger partial charge in [-0.15, -0.1) is 0 Å². The molecule has 1 aliphatic heterocycles. The zero-order valence-electron chi connectivity index (χ0n) is 16.8. The number of fused-ring (bicyclic) bond motifs is 1. The van der Waals surface area contributed by atoms with E-state index in [0.717, 1.165) is 24.1 Å². The van der Waals surface area contributed by atoms with Gasteiger partial charge in [-0.25, -0.2) is 4.98 Å². The van der Waals surface area contributed by atoms with Gasteiger partial charge in [-0.1, -0.05) is 54.6 Å². The Balaban J connectivity index is 1.40. The number of nitrogens with one attached hydrogen (secondary N) is 1. The van der Waals surface area contributed by atoms with Crippen LogP contribution in [0, 0.1) is 0 Å². The van der Waals surface area contributed by atoms with E-state index in [1.807, 2.05) is 0 Å². The fourth-order valence-electron chi connectivity index (χ4n) is 5.51. The van der Waals surface area contributed by atoms with Crippen LogP contribution in [0.1, 0.15) is 55.6 Å². The largest absolute Gasteiger partial charge is 0.329 e. The summed E-state index contributed by atoms with van der Waals surface area (Å²) < 4.78 is 0. The molecule has 0 unspecified atom stereocenters. The Morgan fingerprint density at radius 2 is 1.66 bits per heavy atom. The molecule has 150 valence electrons. The highest BCUT2D eigenvalue weighted by atomic mass is 35.5. The second-order valence-corrected chi connectivity index (χ2v) is 8.84. The minimum Gasteiger partial charge on any atom is -0.329 e. The number of benzene rings is 2. The van der Waals surface area contributed by atoms with Crippen molar-refractivity contribution >= 4 is 22.6 Å². The lowest BCUT2D eigenvalue weighted by Crippen LogP contribution is -2.49. The summed E-state index contributed by atoms with van der Waals surface area (Å²) in [5.41, 5.74) is 5.10. The van der Waals surface area contributed by atoms with E-state index in [2.05, 4.69) is 75.6 Å². The Kier molecular flexibility index (Phi) is 5.19. The Morgan fingerprint density at radius 1 is 0.931 bits per heavy atom. The van der Waals surface area contributed by atoms with Crippen molar-refractivity contribution < 1.29 is 0 Å². The molecular weight excluding hydrogens is 378 g/mol. The monoisotopic (exact) mass is 405 g/mol. The van der Waals surface area contributed by atoms with Crippen LogP contribution in [0.3, 0.4) is 0 Å². The molecule has 1 aliphatic carbocycles. The molecule has 29 heavy (non-hydrogen) atoms. The van der Waals surface area contributed by atoms with E-state index in [1.54, 1.807) is 0 Å². The molecule has 1 fully saturated rings. The van der Waals surface area contributed by atoms with Crippen LogP contribution in [-0.2, 0) is 5.54 Å². The maximum absolute atomic E-state index is 6.14. The van der Waals surface area contributed by atoms with Gasteiger partial charge in [-0.2, -0.15) is 0 Å². The molecule has 2 aliphatic rings. The highest BCUT2D eigenvalue weighted by molar-refractivity contribution is 6.29. The molecule has 4 heteroatoms. The molecule has 0 atom stereocenters. The standard InChI is InChI=1S/C25H28ClN3/c26-24-27-22-12-8-11-21(23(22)28-24)19-13-17-29(18-14-19)25(15-6-1-2-7-16-25)20-9-4-3-5-10-20/h1-5,8-12,19H,6-7,13-18H2,(H,27,28). The van der Waals surface area contributed by atoms with Gasteiger partial charge in [0.05, 0.1) is 11.0 Å². The molecule has 1 saturated heterocycles. The van der Waals surface area contributed by atoms with Crippen molar-refractivity contribution in [2.75, 3.05) is 13.1 Å². The first-order chi connectivity index (χ1) is 14.3. The highest BCUT2D eigenvalue weighted by Gasteiger charge is 2.39. The first kappa shape index (κ1) is 18.9. The van der Waals surface area contributed by atoms with Crippen LogP contribution in [0.4, 0.5) is 0 Å². The number of para-hydroxylation sites is 1. The topological polar surface area (TPSA) is 31.9 Å². The number of halogens is 1. The number of likely N-dealkylation sites (tertiary alicyclic amines) is 1. The maximum Gasteiger partial charge on any atom is 0.201 e. The summed E-state index contributed by atoms with van der Waals surface area (Å²) in [7, 11) is 0. The van der Waals surface area contributed by atoms with Crippen molar-refractivity contribution in [3.63, 3.8) is 0 Å². The number of aromatic amines is 1. The predicted molar refractivity (Wildman–Crippen MR) is 120 cm³/mol. The van der Waals surface area contributed by atoms with Crippen LogP contribution in [0.5, 0.6) is 0 Å². The predicted octanol–water partition coefficient (Wildman–Crippen LogP) is 6.42. The van der Waals surface area contributed by atoms with Crippen LogP contribution in [0.25, 0.3) is 11.0 Å². The van der Waals surface area contributed by atoms with Crippen LogP contribution >= 0.6 is 11.6 Å².